The van der Waals surface area contributed by atoms with Gasteiger partial charge in [0.15, 0.2) is 5.96 Å². The van der Waals surface area contributed by atoms with Crippen molar-refractivity contribution >= 4 is 29.9 Å². The summed E-state index contributed by atoms with van der Waals surface area (Å²) in [4.78, 5) is 9.32. The average molecular weight is 439 g/mol. The molecule has 1 saturated heterocycles. The topological polar surface area (TPSA) is 42.9 Å². The highest BCUT2D eigenvalue weighted by Crippen LogP contribution is 2.10. The molecule has 1 aliphatic heterocycles. The zero-order chi connectivity index (χ0) is 16.4. The third-order valence-electron chi connectivity index (χ3n) is 4.79. The molecule has 0 radical (unpaired) electrons. The standard InChI is InChI=1S/C17H37N5.HI/c1-6-11-22-12-8-16(9-13-22)20-17(18-4)19-10-14-21(5)15(3)7-2;/h15-16H,6-14H2,1-5H3,(H2,18,19,20);1H. The van der Waals surface area contributed by atoms with Crippen LogP contribution in [-0.2, 0) is 0 Å². The van der Waals surface area contributed by atoms with Gasteiger partial charge in [-0.25, -0.2) is 0 Å². The smallest absolute Gasteiger partial charge is 0.191 e. The van der Waals surface area contributed by atoms with Crippen molar-refractivity contribution in [3.8, 4) is 0 Å². The molecule has 0 aromatic carbocycles. The van der Waals surface area contributed by atoms with Crippen LogP contribution in [0, 0.1) is 0 Å². The number of likely N-dealkylation sites (tertiary alicyclic amines) is 1. The second kappa shape index (κ2) is 13.2. The van der Waals surface area contributed by atoms with Gasteiger partial charge in [0, 0.05) is 45.3 Å². The van der Waals surface area contributed by atoms with Gasteiger partial charge in [0.2, 0.25) is 0 Å². The summed E-state index contributed by atoms with van der Waals surface area (Å²) in [5, 5.41) is 7.03. The van der Waals surface area contributed by atoms with Crippen LogP contribution in [0.4, 0.5) is 0 Å². The maximum Gasteiger partial charge on any atom is 0.191 e. The number of nitrogens with one attached hydrogen (secondary N) is 2. The predicted molar refractivity (Wildman–Crippen MR) is 112 cm³/mol. The Morgan fingerprint density at radius 3 is 2.48 bits per heavy atom. The number of guanidine groups is 1. The Bertz CT molecular complexity index is 316. The Hall–Kier alpha value is -0.0800. The van der Waals surface area contributed by atoms with Crippen LogP contribution in [0.25, 0.3) is 0 Å². The van der Waals surface area contributed by atoms with Gasteiger partial charge in [-0.2, -0.15) is 0 Å². The van der Waals surface area contributed by atoms with E-state index in [2.05, 4.69) is 53.2 Å². The van der Waals surface area contributed by atoms with E-state index in [9.17, 15) is 0 Å². The first-order valence-electron chi connectivity index (χ1n) is 9.00. The third kappa shape index (κ3) is 9.10. The molecule has 0 aromatic heterocycles. The molecule has 0 saturated carbocycles. The highest BCUT2D eigenvalue weighted by molar-refractivity contribution is 14.0. The molecular weight excluding hydrogens is 401 g/mol. The molecule has 138 valence electrons. The number of nitrogens with zero attached hydrogens (tertiary/aromatic N) is 3. The minimum Gasteiger partial charge on any atom is -0.355 e. The summed E-state index contributed by atoms with van der Waals surface area (Å²) in [6, 6.07) is 1.20. The van der Waals surface area contributed by atoms with Gasteiger partial charge in [-0.1, -0.05) is 13.8 Å². The van der Waals surface area contributed by atoms with E-state index in [-0.39, 0.29) is 24.0 Å². The first-order valence-corrected chi connectivity index (χ1v) is 9.00. The predicted octanol–water partition coefficient (Wildman–Crippen LogP) is 2.37. The molecule has 23 heavy (non-hydrogen) atoms. The van der Waals surface area contributed by atoms with Gasteiger partial charge in [0.05, 0.1) is 0 Å². The van der Waals surface area contributed by atoms with Crippen LogP contribution in [-0.4, -0.2) is 74.7 Å². The molecule has 0 amide bonds. The van der Waals surface area contributed by atoms with E-state index in [0.717, 1.165) is 19.0 Å². The van der Waals surface area contributed by atoms with Gasteiger partial charge < -0.3 is 20.4 Å². The van der Waals surface area contributed by atoms with Gasteiger partial charge in [-0.05, 0) is 46.2 Å². The normalized spacial score (nSPS) is 18.6. The molecule has 1 rings (SSSR count). The fourth-order valence-corrected chi connectivity index (χ4v) is 2.89. The monoisotopic (exact) mass is 439 g/mol. The van der Waals surface area contributed by atoms with Crippen molar-refractivity contribution in [1.29, 1.82) is 0 Å². The summed E-state index contributed by atoms with van der Waals surface area (Å²) in [7, 11) is 4.05. The first kappa shape index (κ1) is 22.9. The van der Waals surface area contributed by atoms with Crippen LogP contribution in [0.1, 0.15) is 46.5 Å². The van der Waals surface area contributed by atoms with E-state index in [4.69, 9.17) is 0 Å². The number of hydrogen-bond acceptors (Lipinski definition) is 3. The van der Waals surface area contributed by atoms with Gasteiger partial charge >= 0.3 is 0 Å². The largest absolute Gasteiger partial charge is 0.355 e. The Morgan fingerprint density at radius 1 is 1.30 bits per heavy atom. The number of aliphatic imine (C=N–C) groups is 1. The first-order chi connectivity index (χ1) is 10.6. The molecule has 5 nitrogen and oxygen atoms in total. The summed E-state index contributed by atoms with van der Waals surface area (Å²) < 4.78 is 0. The van der Waals surface area contributed by atoms with Crippen molar-refractivity contribution in [2.24, 2.45) is 4.99 Å². The molecule has 2 N–H and O–H groups in total. The number of likely N-dealkylation sites (N-methyl/N-ethyl adjacent to an activating group) is 1. The van der Waals surface area contributed by atoms with Crippen LogP contribution in [0.2, 0.25) is 0 Å². The Labute approximate surface area is 160 Å². The lowest BCUT2D eigenvalue weighted by molar-refractivity contribution is 0.206. The fourth-order valence-electron chi connectivity index (χ4n) is 2.89. The van der Waals surface area contributed by atoms with Crippen molar-refractivity contribution in [2.45, 2.75) is 58.5 Å². The molecule has 1 aliphatic rings. The zero-order valence-corrected chi connectivity index (χ0v) is 18.1. The van der Waals surface area contributed by atoms with Gasteiger partial charge in [-0.3, -0.25) is 4.99 Å². The Morgan fingerprint density at radius 2 is 1.96 bits per heavy atom. The summed E-state index contributed by atoms with van der Waals surface area (Å²) in [6.45, 7) is 12.4. The number of halogens is 1. The number of piperidine rings is 1. The van der Waals surface area contributed by atoms with Gasteiger partial charge in [0.25, 0.3) is 0 Å². The highest BCUT2D eigenvalue weighted by Gasteiger charge is 2.19. The van der Waals surface area contributed by atoms with E-state index >= 15 is 0 Å². The molecule has 1 heterocycles. The lowest BCUT2D eigenvalue weighted by Crippen LogP contribution is -2.49. The van der Waals surface area contributed by atoms with Crippen molar-refractivity contribution < 1.29 is 0 Å². The van der Waals surface area contributed by atoms with Crippen molar-refractivity contribution in [1.82, 2.24) is 20.4 Å². The minimum atomic E-state index is 0. The maximum absolute atomic E-state index is 4.36. The average Bonchev–Trinajstić information content (AvgIpc) is 2.54. The van der Waals surface area contributed by atoms with E-state index in [0.29, 0.717) is 12.1 Å². The van der Waals surface area contributed by atoms with E-state index in [1.54, 1.807) is 0 Å². The summed E-state index contributed by atoms with van der Waals surface area (Å²) >= 11 is 0. The lowest BCUT2D eigenvalue weighted by Gasteiger charge is -2.33. The van der Waals surface area contributed by atoms with Crippen molar-refractivity contribution in [3.05, 3.63) is 0 Å². The third-order valence-corrected chi connectivity index (χ3v) is 4.79. The van der Waals surface area contributed by atoms with Gasteiger partial charge in [-0.15, -0.1) is 24.0 Å². The summed E-state index contributed by atoms with van der Waals surface area (Å²) in [5.74, 6) is 0.950. The molecule has 1 atom stereocenters. The van der Waals surface area contributed by atoms with E-state index < -0.39 is 0 Å². The van der Waals surface area contributed by atoms with Crippen LogP contribution in [0.5, 0.6) is 0 Å². The van der Waals surface area contributed by atoms with E-state index in [1.807, 2.05) is 7.05 Å². The molecule has 1 unspecified atom stereocenters. The SMILES string of the molecule is CCCN1CCC(NC(=NC)NCCN(C)C(C)CC)CC1.I. The molecule has 0 aromatic rings. The minimum absolute atomic E-state index is 0. The van der Waals surface area contributed by atoms with Crippen LogP contribution >= 0.6 is 24.0 Å². The maximum atomic E-state index is 4.36. The zero-order valence-electron chi connectivity index (χ0n) is 15.8. The lowest BCUT2D eigenvalue weighted by atomic mass is 10.1. The van der Waals surface area contributed by atoms with E-state index in [1.165, 1.54) is 45.3 Å². The van der Waals surface area contributed by atoms with Crippen LogP contribution < -0.4 is 10.6 Å². The molecule has 0 spiro atoms. The summed E-state index contributed by atoms with van der Waals surface area (Å²) in [5.41, 5.74) is 0. The van der Waals surface area contributed by atoms with Crippen molar-refractivity contribution in [3.63, 3.8) is 0 Å². The molecule has 6 heteroatoms. The molecule has 0 bridgehead atoms. The fraction of sp³-hybridized carbons (Fsp3) is 0.941. The second-order valence-electron chi connectivity index (χ2n) is 6.50. The van der Waals surface area contributed by atoms with Crippen LogP contribution in [0.3, 0.4) is 0 Å². The Kier molecular flexibility index (Phi) is 13.2. The van der Waals surface area contributed by atoms with Crippen molar-refractivity contribution in [2.75, 3.05) is 46.8 Å². The quantitative estimate of drug-likeness (QED) is 0.346. The molecular formula is C17H38IN5. The molecule has 1 fully saturated rings. The Balaban J connectivity index is 0.00000484. The van der Waals surface area contributed by atoms with Gasteiger partial charge in [0.1, 0.15) is 0 Å². The highest BCUT2D eigenvalue weighted by atomic mass is 127. The second-order valence-corrected chi connectivity index (χ2v) is 6.50. The number of rotatable bonds is 8. The summed E-state index contributed by atoms with van der Waals surface area (Å²) in [6.07, 6.45) is 4.88. The van der Waals surface area contributed by atoms with Crippen LogP contribution in [0.15, 0.2) is 4.99 Å². The number of hydrogen-bond donors (Lipinski definition) is 2. The molecule has 0 aliphatic carbocycles.